The summed E-state index contributed by atoms with van der Waals surface area (Å²) in [5.41, 5.74) is 4.59. The van der Waals surface area contributed by atoms with E-state index in [4.69, 9.17) is 11.6 Å². The van der Waals surface area contributed by atoms with Crippen molar-refractivity contribution < 1.29 is 4.39 Å². The number of allylic oxidation sites excluding steroid dienone is 4. The van der Waals surface area contributed by atoms with Crippen molar-refractivity contribution in [1.82, 2.24) is 0 Å². The topological polar surface area (TPSA) is 0 Å². The first-order valence-corrected chi connectivity index (χ1v) is 12.4. The maximum atomic E-state index is 14.1. The van der Waals surface area contributed by atoms with Gasteiger partial charge in [0, 0.05) is 5.56 Å². The Labute approximate surface area is 192 Å². The van der Waals surface area contributed by atoms with Gasteiger partial charge in [-0.2, -0.15) is 0 Å². The molecule has 2 aromatic carbocycles. The number of benzene rings is 2. The van der Waals surface area contributed by atoms with Crippen molar-refractivity contribution in [3.05, 3.63) is 89.3 Å². The van der Waals surface area contributed by atoms with E-state index in [2.05, 4.69) is 43.3 Å². The van der Waals surface area contributed by atoms with Crippen LogP contribution in [0.5, 0.6) is 0 Å². The van der Waals surface area contributed by atoms with Crippen LogP contribution in [-0.2, 0) is 6.42 Å². The van der Waals surface area contributed by atoms with E-state index >= 15 is 0 Å². The minimum Gasteiger partial charge on any atom is -0.206 e. The lowest BCUT2D eigenvalue weighted by Crippen LogP contribution is -2.22. The van der Waals surface area contributed by atoms with Crippen molar-refractivity contribution in [2.45, 2.75) is 75.5 Å². The molecule has 0 saturated heterocycles. The quantitative estimate of drug-likeness (QED) is 0.380. The zero-order valence-electron chi connectivity index (χ0n) is 18.6. The fourth-order valence-electron chi connectivity index (χ4n) is 5.21. The summed E-state index contributed by atoms with van der Waals surface area (Å²) in [5.74, 6) is 1.33. The zero-order chi connectivity index (χ0) is 21.7. The molecule has 31 heavy (non-hydrogen) atoms. The monoisotopic (exact) mass is 436 g/mol. The van der Waals surface area contributed by atoms with Crippen LogP contribution < -0.4 is 0 Å². The molecule has 0 N–H and O–H groups in total. The smallest absolute Gasteiger partial charge is 0.131 e. The first-order valence-electron chi connectivity index (χ1n) is 12.0. The van der Waals surface area contributed by atoms with Crippen LogP contribution in [0.1, 0.15) is 80.9 Å². The van der Waals surface area contributed by atoms with Crippen LogP contribution in [0.3, 0.4) is 0 Å². The summed E-state index contributed by atoms with van der Waals surface area (Å²) in [7, 11) is 0. The van der Waals surface area contributed by atoms with Gasteiger partial charge >= 0.3 is 0 Å². The third kappa shape index (κ3) is 5.69. The standard InChI is InChI=1S/C29H34ClF/c1-2-5-22-8-12-24(13-9-22)25-14-10-23(11-15-25)16-19-29(30)20-17-26(18-21-29)27-6-3-4-7-28(27)31/h3-4,6-9,12-13,17-18,20,23,25H,2,5,10-11,14-16,19,21H2,1H3/t23-,25-,29?. The average Bonchev–Trinajstić information content (AvgIpc) is 2.80. The van der Waals surface area contributed by atoms with Crippen molar-refractivity contribution in [2.24, 2.45) is 5.92 Å². The van der Waals surface area contributed by atoms with Gasteiger partial charge in [0.05, 0.1) is 4.87 Å². The molecule has 1 atom stereocenters. The lowest BCUT2D eigenvalue weighted by molar-refractivity contribution is 0.298. The summed E-state index contributed by atoms with van der Waals surface area (Å²) < 4.78 is 14.1. The Hall–Kier alpha value is -1.86. The van der Waals surface area contributed by atoms with Gasteiger partial charge in [-0.1, -0.05) is 74.0 Å². The Morgan fingerprint density at radius 3 is 2.39 bits per heavy atom. The van der Waals surface area contributed by atoms with E-state index in [1.165, 1.54) is 62.1 Å². The van der Waals surface area contributed by atoms with Gasteiger partial charge in [0.25, 0.3) is 0 Å². The van der Waals surface area contributed by atoms with Gasteiger partial charge in [-0.3, -0.25) is 0 Å². The molecule has 2 aliphatic carbocycles. The second-order valence-electron chi connectivity index (χ2n) is 9.46. The summed E-state index contributed by atoms with van der Waals surface area (Å²) in [6.45, 7) is 2.24. The van der Waals surface area contributed by atoms with E-state index in [-0.39, 0.29) is 10.7 Å². The summed E-state index contributed by atoms with van der Waals surface area (Å²) in [6.07, 6.45) is 16.7. The molecule has 2 aliphatic rings. The van der Waals surface area contributed by atoms with Gasteiger partial charge in [0.2, 0.25) is 0 Å². The first-order chi connectivity index (χ1) is 15.1. The lowest BCUT2D eigenvalue weighted by Gasteiger charge is -2.32. The van der Waals surface area contributed by atoms with E-state index in [0.717, 1.165) is 30.3 Å². The van der Waals surface area contributed by atoms with Gasteiger partial charge in [-0.15, -0.1) is 11.6 Å². The predicted molar refractivity (Wildman–Crippen MR) is 131 cm³/mol. The molecule has 0 aromatic heterocycles. The summed E-state index contributed by atoms with van der Waals surface area (Å²) >= 11 is 6.93. The molecule has 1 saturated carbocycles. The Morgan fingerprint density at radius 1 is 1.00 bits per heavy atom. The van der Waals surface area contributed by atoms with Gasteiger partial charge in [-0.05, 0) is 86.0 Å². The molecule has 1 fully saturated rings. The van der Waals surface area contributed by atoms with Crippen LogP contribution >= 0.6 is 11.6 Å². The molecule has 0 aliphatic heterocycles. The minimum atomic E-state index is -0.319. The highest BCUT2D eigenvalue weighted by Gasteiger charge is 2.29. The molecule has 164 valence electrons. The largest absolute Gasteiger partial charge is 0.206 e. The Morgan fingerprint density at radius 2 is 1.74 bits per heavy atom. The van der Waals surface area contributed by atoms with Crippen LogP contribution in [0.25, 0.3) is 5.57 Å². The molecule has 0 spiro atoms. The highest BCUT2D eigenvalue weighted by Crippen LogP contribution is 2.41. The Kier molecular flexibility index (Phi) is 7.33. The number of hydrogen-bond donors (Lipinski definition) is 0. The SMILES string of the molecule is CCCc1ccc([C@H]2CC[C@H](CCC3(Cl)C=CC(c4ccccc4F)=CC3)CC2)cc1. The highest BCUT2D eigenvalue weighted by molar-refractivity contribution is 6.25. The molecular weight excluding hydrogens is 403 g/mol. The van der Waals surface area contributed by atoms with Crippen LogP contribution in [-0.4, -0.2) is 4.87 Å². The molecule has 0 nitrogen and oxygen atoms in total. The predicted octanol–water partition coefficient (Wildman–Crippen LogP) is 8.85. The highest BCUT2D eigenvalue weighted by atomic mass is 35.5. The second kappa shape index (κ2) is 10.2. The van der Waals surface area contributed by atoms with Gasteiger partial charge in [-0.25, -0.2) is 4.39 Å². The third-order valence-corrected chi connectivity index (χ3v) is 7.68. The zero-order valence-corrected chi connectivity index (χ0v) is 19.4. The van der Waals surface area contributed by atoms with E-state index in [9.17, 15) is 4.39 Å². The molecular formula is C29H34ClF. The normalized spacial score (nSPS) is 26.0. The third-order valence-electron chi connectivity index (χ3n) is 7.21. The lowest BCUT2D eigenvalue weighted by atomic mass is 9.76. The van der Waals surface area contributed by atoms with Crippen LogP contribution in [0.4, 0.5) is 4.39 Å². The summed E-state index contributed by atoms with van der Waals surface area (Å²) in [4.78, 5) is -0.319. The van der Waals surface area contributed by atoms with Crippen LogP contribution in [0, 0.1) is 11.7 Å². The van der Waals surface area contributed by atoms with Gasteiger partial charge < -0.3 is 0 Å². The number of alkyl halides is 1. The summed E-state index contributed by atoms with van der Waals surface area (Å²) in [5, 5.41) is 0. The second-order valence-corrected chi connectivity index (χ2v) is 10.2. The molecule has 0 bridgehead atoms. The molecule has 2 heteroatoms. The minimum absolute atomic E-state index is 0.169. The van der Waals surface area contributed by atoms with Gasteiger partial charge in [0.15, 0.2) is 0 Å². The molecule has 1 unspecified atom stereocenters. The Balaban J connectivity index is 1.25. The summed E-state index contributed by atoms with van der Waals surface area (Å²) in [6, 6.07) is 16.3. The fraction of sp³-hybridized carbons (Fsp3) is 0.448. The number of halogens is 2. The van der Waals surface area contributed by atoms with E-state index < -0.39 is 0 Å². The van der Waals surface area contributed by atoms with Crippen molar-refractivity contribution in [3.8, 4) is 0 Å². The van der Waals surface area contributed by atoms with Gasteiger partial charge in [0.1, 0.15) is 5.82 Å². The molecule has 0 amide bonds. The maximum Gasteiger partial charge on any atom is 0.131 e. The van der Waals surface area contributed by atoms with E-state index in [1.54, 1.807) is 6.07 Å². The van der Waals surface area contributed by atoms with Crippen molar-refractivity contribution in [3.63, 3.8) is 0 Å². The van der Waals surface area contributed by atoms with Crippen molar-refractivity contribution in [1.29, 1.82) is 0 Å². The van der Waals surface area contributed by atoms with Crippen molar-refractivity contribution >= 4 is 17.2 Å². The fourth-order valence-corrected chi connectivity index (χ4v) is 5.46. The van der Waals surface area contributed by atoms with E-state index in [0.29, 0.717) is 5.56 Å². The van der Waals surface area contributed by atoms with Crippen molar-refractivity contribution in [2.75, 3.05) is 0 Å². The molecule has 0 heterocycles. The average molecular weight is 437 g/mol. The number of aryl methyl sites for hydroxylation is 1. The molecule has 4 rings (SSSR count). The molecule has 0 radical (unpaired) electrons. The van der Waals surface area contributed by atoms with E-state index in [1.807, 2.05) is 18.2 Å². The Bertz CT molecular complexity index is 918. The maximum absolute atomic E-state index is 14.1. The molecule has 2 aromatic rings. The van der Waals surface area contributed by atoms with Crippen LogP contribution in [0.2, 0.25) is 0 Å². The number of rotatable bonds is 7. The number of hydrogen-bond acceptors (Lipinski definition) is 0. The first kappa shape index (κ1) is 22.3. The van der Waals surface area contributed by atoms with Crippen LogP contribution in [0.15, 0.2) is 66.8 Å².